The van der Waals surface area contributed by atoms with E-state index in [4.69, 9.17) is 10.5 Å². The highest BCUT2D eigenvalue weighted by molar-refractivity contribution is 4.95. The van der Waals surface area contributed by atoms with Crippen LogP contribution >= 0.6 is 0 Å². The van der Waals surface area contributed by atoms with Crippen LogP contribution in [0.4, 0.5) is 8.78 Å². The zero-order chi connectivity index (χ0) is 10.2. The predicted octanol–water partition coefficient (Wildman–Crippen LogP) is 1.93. The number of rotatable bonds is 2. The van der Waals surface area contributed by atoms with Gasteiger partial charge in [-0.3, -0.25) is 0 Å². The second-order valence-corrected chi connectivity index (χ2v) is 4.85. The van der Waals surface area contributed by atoms with Gasteiger partial charge in [0.15, 0.2) is 0 Å². The van der Waals surface area contributed by atoms with Crippen LogP contribution in [0, 0.1) is 5.92 Å². The molecule has 2 nitrogen and oxygen atoms in total. The lowest BCUT2D eigenvalue weighted by atomic mass is 9.72. The molecule has 1 unspecified atom stereocenters. The van der Waals surface area contributed by atoms with Crippen molar-refractivity contribution in [3.63, 3.8) is 0 Å². The molecule has 0 radical (unpaired) electrons. The van der Waals surface area contributed by atoms with E-state index in [0.29, 0.717) is 13.0 Å². The summed E-state index contributed by atoms with van der Waals surface area (Å²) < 4.78 is 30.5. The van der Waals surface area contributed by atoms with Gasteiger partial charge in [-0.05, 0) is 25.2 Å². The Balaban J connectivity index is 1.79. The molecule has 2 aliphatic rings. The summed E-state index contributed by atoms with van der Waals surface area (Å²) in [5.41, 5.74) is 5.75. The van der Waals surface area contributed by atoms with Gasteiger partial charge in [0.1, 0.15) is 0 Å². The van der Waals surface area contributed by atoms with Gasteiger partial charge in [-0.25, -0.2) is 8.78 Å². The molecule has 2 N–H and O–H groups in total. The van der Waals surface area contributed by atoms with Crippen molar-refractivity contribution in [1.82, 2.24) is 0 Å². The first-order valence-corrected chi connectivity index (χ1v) is 5.24. The second-order valence-electron chi connectivity index (χ2n) is 4.85. The third-order valence-electron chi connectivity index (χ3n) is 3.22. The zero-order valence-corrected chi connectivity index (χ0v) is 8.27. The average Bonchev–Trinajstić information content (AvgIpc) is 2.01. The van der Waals surface area contributed by atoms with E-state index < -0.39 is 5.92 Å². The van der Waals surface area contributed by atoms with Gasteiger partial charge in [-0.2, -0.15) is 0 Å². The molecule has 82 valence electrons. The highest BCUT2D eigenvalue weighted by Crippen LogP contribution is 2.46. The predicted molar refractivity (Wildman–Crippen MR) is 49.3 cm³/mol. The third kappa shape index (κ3) is 2.23. The molecule has 0 aromatic rings. The van der Waals surface area contributed by atoms with Gasteiger partial charge >= 0.3 is 0 Å². The first-order valence-electron chi connectivity index (χ1n) is 5.24. The highest BCUT2D eigenvalue weighted by atomic mass is 19.3. The normalized spacial score (nSPS) is 37.9. The van der Waals surface area contributed by atoms with Crippen LogP contribution in [0.25, 0.3) is 0 Å². The first kappa shape index (κ1) is 10.3. The van der Waals surface area contributed by atoms with E-state index in [2.05, 4.69) is 0 Å². The summed E-state index contributed by atoms with van der Waals surface area (Å²) in [5, 5.41) is 0. The van der Waals surface area contributed by atoms with Gasteiger partial charge in [0.2, 0.25) is 5.92 Å². The molecule has 1 heterocycles. The standard InChI is InChI=1S/C10H17F2NO/c11-10(12)5-8(6-10)4-9(13)2-1-3-14-7-9/h8H,1-7,13H2. The molecular weight excluding hydrogens is 188 g/mol. The van der Waals surface area contributed by atoms with Crippen LogP contribution in [-0.2, 0) is 4.74 Å². The second kappa shape index (κ2) is 3.42. The highest BCUT2D eigenvalue weighted by Gasteiger charge is 2.47. The van der Waals surface area contributed by atoms with E-state index in [0.717, 1.165) is 19.4 Å². The number of hydrogen-bond acceptors (Lipinski definition) is 2. The maximum absolute atomic E-state index is 12.6. The SMILES string of the molecule is NC1(CC2CC(F)(F)C2)CCCOC1. The van der Waals surface area contributed by atoms with Crippen LogP contribution in [0.15, 0.2) is 0 Å². The maximum Gasteiger partial charge on any atom is 0.248 e. The monoisotopic (exact) mass is 205 g/mol. The van der Waals surface area contributed by atoms with E-state index in [9.17, 15) is 8.78 Å². The lowest BCUT2D eigenvalue weighted by molar-refractivity contribution is -0.121. The van der Waals surface area contributed by atoms with Gasteiger partial charge in [0, 0.05) is 25.0 Å². The average molecular weight is 205 g/mol. The minimum atomic E-state index is -2.42. The molecule has 0 spiro atoms. The Morgan fingerprint density at radius 3 is 2.57 bits per heavy atom. The van der Waals surface area contributed by atoms with Gasteiger partial charge in [0.05, 0.1) is 6.61 Å². The Morgan fingerprint density at radius 2 is 2.07 bits per heavy atom. The topological polar surface area (TPSA) is 35.2 Å². The molecule has 1 aliphatic heterocycles. The van der Waals surface area contributed by atoms with Crippen molar-refractivity contribution in [1.29, 1.82) is 0 Å². The Bertz CT molecular complexity index is 206. The van der Waals surface area contributed by atoms with Gasteiger partial charge < -0.3 is 10.5 Å². The smallest absolute Gasteiger partial charge is 0.248 e. The third-order valence-corrected chi connectivity index (χ3v) is 3.22. The van der Waals surface area contributed by atoms with Crippen LogP contribution in [0.2, 0.25) is 0 Å². The fourth-order valence-electron chi connectivity index (χ4n) is 2.54. The van der Waals surface area contributed by atoms with E-state index in [1.807, 2.05) is 0 Å². The summed E-state index contributed by atoms with van der Waals surface area (Å²) in [4.78, 5) is 0. The summed E-state index contributed by atoms with van der Waals surface area (Å²) in [5.74, 6) is -2.31. The molecule has 0 aromatic heterocycles. The summed E-state index contributed by atoms with van der Waals surface area (Å²) in [6.45, 7) is 1.30. The molecule has 1 saturated heterocycles. The molecule has 2 rings (SSSR count). The number of hydrogen-bond donors (Lipinski definition) is 1. The first-order chi connectivity index (χ1) is 6.49. The molecule has 0 aromatic carbocycles. The van der Waals surface area contributed by atoms with E-state index in [1.54, 1.807) is 0 Å². The number of ether oxygens (including phenoxy) is 1. The lowest BCUT2D eigenvalue weighted by Gasteiger charge is -2.42. The van der Waals surface area contributed by atoms with Crippen molar-refractivity contribution in [3.8, 4) is 0 Å². The number of alkyl halides is 2. The Hall–Kier alpha value is -0.220. The number of halogens is 2. The van der Waals surface area contributed by atoms with Crippen molar-refractivity contribution in [3.05, 3.63) is 0 Å². The van der Waals surface area contributed by atoms with Gasteiger partial charge in [0.25, 0.3) is 0 Å². The Labute approximate surface area is 82.8 Å². The molecule has 0 bridgehead atoms. The molecule has 1 aliphatic carbocycles. The van der Waals surface area contributed by atoms with Crippen LogP contribution in [0.1, 0.15) is 32.1 Å². The Kier molecular flexibility index (Phi) is 2.52. The van der Waals surface area contributed by atoms with E-state index >= 15 is 0 Å². The summed E-state index contributed by atoms with van der Waals surface area (Å²) >= 11 is 0. The lowest BCUT2D eigenvalue weighted by Crippen LogP contribution is -2.51. The molecule has 4 heteroatoms. The molecule has 2 fully saturated rings. The molecule has 14 heavy (non-hydrogen) atoms. The zero-order valence-electron chi connectivity index (χ0n) is 8.27. The van der Waals surface area contributed by atoms with Gasteiger partial charge in [-0.15, -0.1) is 0 Å². The van der Waals surface area contributed by atoms with Gasteiger partial charge in [-0.1, -0.05) is 0 Å². The van der Waals surface area contributed by atoms with Crippen LogP contribution in [0.5, 0.6) is 0 Å². The summed E-state index contributed by atoms with van der Waals surface area (Å²) in [6.07, 6.45) is 2.61. The van der Waals surface area contributed by atoms with Crippen LogP contribution in [-0.4, -0.2) is 24.7 Å². The number of nitrogens with two attached hydrogens (primary N) is 1. The largest absolute Gasteiger partial charge is 0.380 e. The van der Waals surface area contributed by atoms with Crippen LogP contribution in [0.3, 0.4) is 0 Å². The Morgan fingerprint density at radius 1 is 1.36 bits per heavy atom. The summed E-state index contributed by atoms with van der Waals surface area (Å²) in [7, 11) is 0. The maximum atomic E-state index is 12.6. The fraction of sp³-hybridized carbons (Fsp3) is 1.00. The van der Waals surface area contributed by atoms with Crippen LogP contribution < -0.4 is 5.73 Å². The molecule has 1 saturated carbocycles. The molecule has 0 amide bonds. The van der Waals surface area contributed by atoms with Crippen molar-refractivity contribution < 1.29 is 13.5 Å². The quantitative estimate of drug-likeness (QED) is 0.747. The van der Waals surface area contributed by atoms with E-state index in [-0.39, 0.29) is 24.3 Å². The molecule has 1 atom stereocenters. The van der Waals surface area contributed by atoms with E-state index in [1.165, 1.54) is 0 Å². The molecular formula is C10H17F2NO. The van der Waals surface area contributed by atoms with Crippen molar-refractivity contribution in [2.24, 2.45) is 11.7 Å². The summed E-state index contributed by atoms with van der Waals surface area (Å²) in [6, 6.07) is 0. The van der Waals surface area contributed by atoms with Crippen molar-refractivity contribution >= 4 is 0 Å². The fourth-order valence-corrected chi connectivity index (χ4v) is 2.54. The minimum absolute atomic E-state index is 0.0198. The van der Waals surface area contributed by atoms with Crippen molar-refractivity contribution in [2.45, 2.75) is 43.6 Å². The van der Waals surface area contributed by atoms with Crippen molar-refractivity contribution in [2.75, 3.05) is 13.2 Å². The minimum Gasteiger partial charge on any atom is -0.380 e.